The Morgan fingerprint density at radius 1 is 1.00 bits per heavy atom. The van der Waals surface area contributed by atoms with Crippen molar-refractivity contribution in [3.8, 4) is 22.7 Å². The normalized spacial score (nSPS) is 10.9. The highest BCUT2D eigenvalue weighted by atomic mass is 19.1. The fraction of sp³-hybridized carbons (Fsp3) is 0.233. The zero-order valence-electron chi connectivity index (χ0n) is 21.7. The van der Waals surface area contributed by atoms with E-state index in [0.29, 0.717) is 41.0 Å². The fourth-order valence-corrected chi connectivity index (χ4v) is 3.96. The molecule has 0 saturated heterocycles. The number of benzene rings is 3. The van der Waals surface area contributed by atoms with Gasteiger partial charge in [0.1, 0.15) is 23.9 Å². The van der Waals surface area contributed by atoms with Crippen molar-refractivity contribution < 1.29 is 18.7 Å². The minimum absolute atomic E-state index is 0.141. The van der Waals surface area contributed by atoms with Gasteiger partial charge >= 0.3 is 0 Å². The van der Waals surface area contributed by atoms with E-state index >= 15 is 0 Å². The second kappa shape index (κ2) is 12.2. The third-order valence-corrected chi connectivity index (χ3v) is 6.03. The van der Waals surface area contributed by atoms with Crippen LogP contribution in [0.5, 0.6) is 5.75 Å². The van der Waals surface area contributed by atoms with E-state index in [0.717, 1.165) is 12.0 Å². The van der Waals surface area contributed by atoms with Gasteiger partial charge in [0.05, 0.1) is 18.5 Å². The average molecular weight is 515 g/mol. The second-order valence-corrected chi connectivity index (χ2v) is 9.36. The lowest BCUT2D eigenvalue weighted by atomic mass is 10.1. The summed E-state index contributed by atoms with van der Waals surface area (Å²) in [7, 11) is 1.54. The third-order valence-electron chi connectivity index (χ3n) is 6.03. The summed E-state index contributed by atoms with van der Waals surface area (Å²) in [6.45, 7) is 4.42. The maximum absolute atomic E-state index is 13.6. The Kier molecular flexibility index (Phi) is 8.53. The molecule has 3 aromatic carbocycles. The maximum atomic E-state index is 13.6. The van der Waals surface area contributed by atoms with Gasteiger partial charge in [-0.15, -0.1) is 0 Å². The number of aromatic nitrogens is 2. The molecule has 4 aromatic rings. The molecule has 7 nitrogen and oxygen atoms in total. The number of halogens is 1. The van der Waals surface area contributed by atoms with Gasteiger partial charge in [-0.3, -0.25) is 9.59 Å². The molecule has 0 aliphatic rings. The minimum Gasteiger partial charge on any atom is -0.497 e. The molecule has 8 heteroatoms. The van der Waals surface area contributed by atoms with Gasteiger partial charge in [-0.1, -0.05) is 50.2 Å². The second-order valence-electron chi connectivity index (χ2n) is 9.36. The van der Waals surface area contributed by atoms with E-state index in [-0.39, 0.29) is 24.2 Å². The van der Waals surface area contributed by atoms with Crippen molar-refractivity contribution in [3.05, 3.63) is 96.3 Å². The highest BCUT2D eigenvalue weighted by Gasteiger charge is 2.21. The highest BCUT2D eigenvalue weighted by molar-refractivity contribution is 5.99. The molecule has 1 N–H and O–H groups in total. The van der Waals surface area contributed by atoms with Crippen LogP contribution in [-0.4, -0.2) is 46.7 Å². The van der Waals surface area contributed by atoms with Crippen molar-refractivity contribution in [1.82, 2.24) is 14.7 Å². The van der Waals surface area contributed by atoms with Crippen LogP contribution in [0.15, 0.2) is 84.9 Å². The quantitative estimate of drug-likeness (QED) is 0.290. The summed E-state index contributed by atoms with van der Waals surface area (Å²) >= 11 is 0. The topological polar surface area (TPSA) is 76.5 Å². The number of amides is 2. The predicted molar refractivity (Wildman–Crippen MR) is 146 cm³/mol. The van der Waals surface area contributed by atoms with E-state index < -0.39 is 0 Å². The lowest BCUT2D eigenvalue weighted by Crippen LogP contribution is -2.39. The van der Waals surface area contributed by atoms with Gasteiger partial charge in [0.15, 0.2) is 0 Å². The molecule has 0 aliphatic carbocycles. The van der Waals surface area contributed by atoms with Crippen LogP contribution in [0.3, 0.4) is 0 Å². The molecule has 0 unspecified atom stereocenters. The number of hydrogen-bond donors (Lipinski definition) is 1. The number of methoxy groups -OCH3 is 1. The summed E-state index contributed by atoms with van der Waals surface area (Å²) in [5.41, 5.74) is 2.56. The molecule has 0 bridgehead atoms. The Hall–Kier alpha value is -4.46. The summed E-state index contributed by atoms with van der Waals surface area (Å²) in [6, 6.07) is 24.1. The summed E-state index contributed by atoms with van der Waals surface area (Å²) in [5.74, 6) is 0.349. The Labute approximate surface area is 221 Å². The van der Waals surface area contributed by atoms with Crippen LogP contribution in [0.4, 0.5) is 10.2 Å². The molecule has 0 spiro atoms. The van der Waals surface area contributed by atoms with Gasteiger partial charge in [-0.2, -0.15) is 5.10 Å². The van der Waals surface area contributed by atoms with Crippen LogP contribution in [0.2, 0.25) is 0 Å². The van der Waals surface area contributed by atoms with Gasteiger partial charge in [0.25, 0.3) is 5.91 Å². The van der Waals surface area contributed by atoms with Gasteiger partial charge in [0, 0.05) is 23.7 Å². The first-order chi connectivity index (χ1) is 18.3. The van der Waals surface area contributed by atoms with Crippen LogP contribution in [0.1, 0.15) is 30.6 Å². The van der Waals surface area contributed by atoms with Crippen LogP contribution in [0, 0.1) is 11.7 Å². The van der Waals surface area contributed by atoms with Crippen molar-refractivity contribution in [1.29, 1.82) is 0 Å². The SMILES string of the molecule is COc1cccc(C(=O)N(CCC(C)C)CC(=O)Nc2cc(-c3ccccc3)nn2-c2ccc(F)cc2)c1. The van der Waals surface area contributed by atoms with Crippen LogP contribution in [-0.2, 0) is 4.79 Å². The number of nitrogens with zero attached hydrogens (tertiary/aromatic N) is 3. The van der Waals surface area contributed by atoms with E-state index in [9.17, 15) is 14.0 Å². The van der Waals surface area contributed by atoms with Crippen LogP contribution >= 0.6 is 0 Å². The first-order valence-electron chi connectivity index (χ1n) is 12.5. The largest absolute Gasteiger partial charge is 0.497 e. The molecule has 1 aromatic heterocycles. The van der Waals surface area contributed by atoms with Crippen LogP contribution in [0.25, 0.3) is 16.9 Å². The maximum Gasteiger partial charge on any atom is 0.254 e. The van der Waals surface area contributed by atoms with Crippen molar-refractivity contribution in [2.45, 2.75) is 20.3 Å². The lowest BCUT2D eigenvalue weighted by Gasteiger charge is -2.23. The monoisotopic (exact) mass is 514 g/mol. The van der Waals surface area contributed by atoms with E-state index in [1.807, 2.05) is 30.3 Å². The minimum atomic E-state index is -0.369. The summed E-state index contributed by atoms with van der Waals surface area (Å²) < 4.78 is 20.4. The zero-order chi connectivity index (χ0) is 27.1. The van der Waals surface area contributed by atoms with Crippen molar-refractivity contribution in [3.63, 3.8) is 0 Å². The molecule has 0 radical (unpaired) electrons. The number of carbonyl (C=O) groups is 2. The lowest BCUT2D eigenvalue weighted by molar-refractivity contribution is -0.117. The molecular weight excluding hydrogens is 483 g/mol. The molecule has 0 atom stereocenters. The first-order valence-corrected chi connectivity index (χ1v) is 12.5. The smallest absolute Gasteiger partial charge is 0.254 e. The predicted octanol–water partition coefficient (Wildman–Crippen LogP) is 5.81. The van der Waals surface area contributed by atoms with Crippen molar-refractivity contribution in [2.24, 2.45) is 5.92 Å². The molecule has 196 valence electrons. The van der Waals surface area contributed by atoms with Crippen molar-refractivity contribution >= 4 is 17.6 Å². The Morgan fingerprint density at radius 2 is 1.74 bits per heavy atom. The molecule has 1 heterocycles. The molecule has 2 amide bonds. The van der Waals surface area contributed by atoms with Crippen molar-refractivity contribution in [2.75, 3.05) is 25.5 Å². The van der Waals surface area contributed by atoms with Gasteiger partial charge in [-0.25, -0.2) is 9.07 Å². The average Bonchev–Trinajstić information content (AvgIpc) is 3.35. The van der Waals surface area contributed by atoms with E-state index in [2.05, 4.69) is 24.3 Å². The molecule has 0 fully saturated rings. The number of anilines is 1. The third kappa shape index (κ3) is 6.64. The van der Waals surface area contributed by atoms with Gasteiger partial charge < -0.3 is 15.0 Å². The van der Waals surface area contributed by atoms with E-state index in [1.54, 1.807) is 59.2 Å². The molecule has 38 heavy (non-hydrogen) atoms. The van der Waals surface area contributed by atoms with E-state index in [1.165, 1.54) is 12.1 Å². The molecule has 0 saturated carbocycles. The number of ether oxygens (including phenoxy) is 1. The number of rotatable bonds is 10. The number of hydrogen-bond acceptors (Lipinski definition) is 4. The zero-order valence-corrected chi connectivity index (χ0v) is 21.7. The van der Waals surface area contributed by atoms with Gasteiger partial charge in [0.2, 0.25) is 5.91 Å². The molecule has 4 rings (SSSR count). The Bertz CT molecular complexity index is 1380. The first kappa shape index (κ1) is 26.6. The fourth-order valence-electron chi connectivity index (χ4n) is 3.96. The Balaban J connectivity index is 1.60. The van der Waals surface area contributed by atoms with E-state index in [4.69, 9.17) is 4.74 Å². The summed E-state index contributed by atoms with van der Waals surface area (Å²) in [6.07, 6.45) is 0.745. The highest BCUT2D eigenvalue weighted by Crippen LogP contribution is 2.25. The number of nitrogens with one attached hydrogen (secondary N) is 1. The number of carbonyl (C=O) groups excluding carboxylic acids is 2. The summed E-state index contributed by atoms with van der Waals surface area (Å²) in [4.78, 5) is 28.2. The molecular formula is C30H31FN4O3. The summed E-state index contributed by atoms with van der Waals surface area (Å²) in [5, 5.41) is 7.57. The standard InChI is InChI=1S/C30H31FN4O3/c1-21(2)16-17-34(30(37)23-10-7-11-26(18-23)38-3)20-29(36)32-28-19-27(22-8-5-4-6-9-22)33-35(28)25-14-12-24(31)13-15-25/h4-15,18-19,21H,16-17,20H2,1-3H3,(H,32,36). The Morgan fingerprint density at radius 3 is 2.42 bits per heavy atom. The van der Waals surface area contributed by atoms with Crippen LogP contribution < -0.4 is 10.1 Å². The molecule has 0 aliphatic heterocycles. The van der Waals surface area contributed by atoms with Gasteiger partial charge in [-0.05, 0) is 54.8 Å².